The van der Waals surface area contributed by atoms with Crippen LogP contribution in [0, 0.1) is 0 Å². The monoisotopic (exact) mass is 254 g/mol. The minimum Gasteiger partial charge on any atom is -0.395 e. The second-order valence-electron chi connectivity index (χ2n) is 4.46. The van der Waals surface area contributed by atoms with E-state index in [9.17, 15) is 0 Å². The van der Waals surface area contributed by atoms with E-state index in [0.717, 1.165) is 17.3 Å². The molecule has 0 saturated heterocycles. The maximum absolute atomic E-state index is 9.11. The number of halogens is 1. The van der Waals surface area contributed by atoms with Gasteiger partial charge in [-0.3, -0.25) is 0 Å². The van der Waals surface area contributed by atoms with Crippen LogP contribution in [0.2, 0.25) is 5.02 Å². The molecule has 0 aromatic heterocycles. The first-order valence-corrected chi connectivity index (χ1v) is 6.44. The van der Waals surface area contributed by atoms with E-state index in [1.54, 1.807) is 0 Å². The molecule has 0 radical (unpaired) electrons. The molecule has 1 aliphatic rings. The van der Waals surface area contributed by atoms with Crippen molar-refractivity contribution in [3.05, 3.63) is 28.8 Å². The van der Waals surface area contributed by atoms with Gasteiger partial charge in [-0.2, -0.15) is 0 Å². The van der Waals surface area contributed by atoms with Crippen LogP contribution in [0.25, 0.3) is 0 Å². The van der Waals surface area contributed by atoms with E-state index in [0.29, 0.717) is 12.6 Å². The van der Waals surface area contributed by atoms with Gasteiger partial charge in [-0.05, 0) is 37.6 Å². The van der Waals surface area contributed by atoms with Gasteiger partial charge in [0.15, 0.2) is 0 Å². The van der Waals surface area contributed by atoms with E-state index in [1.807, 2.05) is 13.1 Å². The zero-order valence-corrected chi connectivity index (χ0v) is 10.9. The van der Waals surface area contributed by atoms with Crippen molar-refractivity contribution in [2.24, 2.45) is 0 Å². The predicted octanol–water partition coefficient (Wildman–Crippen LogP) is 2.02. The van der Waals surface area contributed by atoms with Crippen LogP contribution in [0.1, 0.15) is 18.4 Å². The van der Waals surface area contributed by atoms with Crippen LogP contribution in [0.5, 0.6) is 0 Å². The Bertz CT molecular complexity index is 380. The van der Waals surface area contributed by atoms with Crippen LogP contribution in [0.4, 0.5) is 5.69 Å². The van der Waals surface area contributed by atoms with Gasteiger partial charge >= 0.3 is 0 Å². The summed E-state index contributed by atoms with van der Waals surface area (Å²) in [6, 6.07) is 6.71. The number of nitrogens with one attached hydrogen (secondary N) is 1. The molecule has 0 atom stereocenters. The molecule has 94 valence electrons. The van der Waals surface area contributed by atoms with Gasteiger partial charge in [-0.25, -0.2) is 0 Å². The number of hydrogen-bond donors (Lipinski definition) is 2. The third-order valence-corrected chi connectivity index (χ3v) is 3.33. The SMILES string of the molecule is CNCc1ccc(N(CCO)C2CC2)c(Cl)c1. The number of benzene rings is 1. The summed E-state index contributed by atoms with van der Waals surface area (Å²) in [5, 5.41) is 13.0. The highest BCUT2D eigenvalue weighted by Gasteiger charge is 2.29. The molecule has 0 unspecified atom stereocenters. The van der Waals surface area contributed by atoms with Crippen LogP contribution < -0.4 is 10.2 Å². The van der Waals surface area contributed by atoms with Crippen molar-refractivity contribution in [3.8, 4) is 0 Å². The Morgan fingerprint density at radius 3 is 2.76 bits per heavy atom. The second-order valence-corrected chi connectivity index (χ2v) is 4.87. The summed E-state index contributed by atoms with van der Waals surface area (Å²) in [5.74, 6) is 0. The fourth-order valence-corrected chi connectivity index (χ4v) is 2.40. The fraction of sp³-hybridized carbons (Fsp3) is 0.538. The molecule has 1 aliphatic carbocycles. The van der Waals surface area contributed by atoms with Crippen LogP contribution in [-0.4, -0.2) is 31.3 Å². The molecule has 0 heterocycles. The maximum Gasteiger partial charge on any atom is 0.0642 e. The third-order valence-electron chi connectivity index (χ3n) is 3.03. The maximum atomic E-state index is 9.11. The molecule has 1 aromatic rings. The molecule has 0 amide bonds. The molecular formula is C13H19ClN2O. The lowest BCUT2D eigenvalue weighted by Gasteiger charge is -2.25. The molecule has 2 N–H and O–H groups in total. The summed E-state index contributed by atoms with van der Waals surface area (Å²) >= 11 is 6.32. The number of rotatable bonds is 6. The second kappa shape index (κ2) is 5.71. The van der Waals surface area contributed by atoms with Crippen LogP contribution >= 0.6 is 11.6 Å². The van der Waals surface area contributed by atoms with Gasteiger partial charge in [-0.1, -0.05) is 17.7 Å². The van der Waals surface area contributed by atoms with E-state index in [4.69, 9.17) is 16.7 Å². The van der Waals surface area contributed by atoms with Crippen molar-refractivity contribution in [1.82, 2.24) is 5.32 Å². The lowest BCUT2D eigenvalue weighted by Crippen LogP contribution is -2.29. The van der Waals surface area contributed by atoms with E-state index >= 15 is 0 Å². The van der Waals surface area contributed by atoms with Crippen molar-refractivity contribution in [1.29, 1.82) is 0 Å². The van der Waals surface area contributed by atoms with E-state index in [2.05, 4.69) is 22.3 Å². The summed E-state index contributed by atoms with van der Waals surface area (Å²) < 4.78 is 0. The molecule has 1 aromatic carbocycles. The first-order valence-electron chi connectivity index (χ1n) is 6.06. The third kappa shape index (κ3) is 3.12. The number of aliphatic hydroxyl groups excluding tert-OH is 1. The van der Waals surface area contributed by atoms with Gasteiger partial charge in [0.25, 0.3) is 0 Å². The zero-order valence-electron chi connectivity index (χ0n) is 10.1. The normalized spacial score (nSPS) is 15.0. The van der Waals surface area contributed by atoms with Gasteiger partial charge in [0.2, 0.25) is 0 Å². The van der Waals surface area contributed by atoms with Gasteiger partial charge in [0.05, 0.1) is 17.3 Å². The highest BCUT2D eigenvalue weighted by atomic mass is 35.5. The smallest absolute Gasteiger partial charge is 0.0642 e. The van der Waals surface area contributed by atoms with Crippen molar-refractivity contribution in [2.75, 3.05) is 25.1 Å². The average molecular weight is 255 g/mol. The predicted molar refractivity (Wildman–Crippen MR) is 71.7 cm³/mol. The fourth-order valence-electron chi connectivity index (χ4n) is 2.09. The van der Waals surface area contributed by atoms with Gasteiger partial charge < -0.3 is 15.3 Å². The van der Waals surface area contributed by atoms with Crippen molar-refractivity contribution in [3.63, 3.8) is 0 Å². The Morgan fingerprint density at radius 2 is 2.24 bits per heavy atom. The minimum absolute atomic E-state index is 0.172. The minimum atomic E-state index is 0.172. The Kier molecular flexibility index (Phi) is 4.26. The van der Waals surface area contributed by atoms with Gasteiger partial charge in [0.1, 0.15) is 0 Å². The van der Waals surface area contributed by atoms with Crippen LogP contribution in [-0.2, 0) is 6.54 Å². The average Bonchev–Trinajstić information content (AvgIpc) is 3.11. The van der Waals surface area contributed by atoms with Crippen LogP contribution in [0.15, 0.2) is 18.2 Å². The molecule has 1 saturated carbocycles. The van der Waals surface area contributed by atoms with Crippen LogP contribution in [0.3, 0.4) is 0 Å². The molecular weight excluding hydrogens is 236 g/mol. The van der Waals surface area contributed by atoms with Crippen molar-refractivity contribution in [2.45, 2.75) is 25.4 Å². The number of nitrogens with zero attached hydrogens (tertiary/aromatic N) is 1. The van der Waals surface area contributed by atoms with Crippen molar-refractivity contribution >= 4 is 17.3 Å². The summed E-state index contributed by atoms with van der Waals surface area (Å²) in [5.41, 5.74) is 2.23. The zero-order chi connectivity index (χ0) is 12.3. The van der Waals surface area contributed by atoms with Gasteiger partial charge in [0, 0.05) is 19.1 Å². The molecule has 2 rings (SSSR count). The first-order chi connectivity index (χ1) is 8.26. The van der Waals surface area contributed by atoms with E-state index in [-0.39, 0.29) is 6.61 Å². The number of anilines is 1. The molecule has 4 heteroatoms. The van der Waals surface area contributed by atoms with E-state index in [1.165, 1.54) is 18.4 Å². The lowest BCUT2D eigenvalue weighted by atomic mass is 10.2. The van der Waals surface area contributed by atoms with Gasteiger partial charge in [-0.15, -0.1) is 0 Å². The Labute approximate surface area is 107 Å². The molecule has 3 nitrogen and oxygen atoms in total. The van der Waals surface area contributed by atoms with Crippen molar-refractivity contribution < 1.29 is 5.11 Å². The molecule has 0 aliphatic heterocycles. The number of aliphatic hydroxyl groups is 1. The Hall–Kier alpha value is -0.770. The largest absolute Gasteiger partial charge is 0.395 e. The quantitative estimate of drug-likeness (QED) is 0.815. The highest BCUT2D eigenvalue weighted by molar-refractivity contribution is 6.33. The number of hydrogen-bond acceptors (Lipinski definition) is 3. The highest BCUT2D eigenvalue weighted by Crippen LogP contribution is 2.35. The summed E-state index contributed by atoms with van der Waals surface area (Å²) in [6.07, 6.45) is 2.41. The lowest BCUT2D eigenvalue weighted by molar-refractivity contribution is 0.301. The Morgan fingerprint density at radius 1 is 1.47 bits per heavy atom. The summed E-state index contributed by atoms with van der Waals surface area (Å²) in [4.78, 5) is 2.21. The molecule has 1 fully saturated rings. The summed E-state index contributed by atoms with van der Waals surface area (Å²) in [7, 11) is 1.92. The molecule has 0 bridgehead atoms. The Balaban J connectivity index is 2.18. The van der Waals surface area contributed by atoms with E-state index < -0.39 is 0 Å². The molecule has 17 heavy (non-hydrogen) atoms. The summed E-state index contributed by atoms with van der Waals surface area (Å²) in [6.45, 7) is 1.66. The standard InChI is InChI=1S/C13H19ClN2O/c1-15-9-10-2-5-13(12(14)8-10)16(6-7-17)11-3-4-11/h2,5,8,11,15,17H,3-4,6-7,9H2,1H3. The first kappa shape index (κ1) is 12.7. The molecule has 0 spiro atoms. The topological polar surface area (TPSA) is 35.5 Å².